The molecule has 230 valence electrons. The molecule has 0 saturated heterocycles. The predicted octanol–water partition coefficient (Wildman–Crippen LogP) is 7.78. The third-order valence-corrected chi connectivity index (χ3v) is 7.75. The van der Waals surface area contributed by atoms with Crippen LogP contribution in [0, 0.1) is 5.92 Å². The number of anilines is 1. The van der Waals surface area contributed by atoms with Crippen LogP contribution in [-0.4, -0.2) is 54.4 Å². The zero-order valence-electron chi connectivity index (χ0n) is 25.1. The summed E-state index contributed by atoms with van der Waals surface area (Å²) in [7, 11) is 0. The Bertz CT molecular complexity index is 1240. The summed E-state index contributed by atoms with van der Waals surface area (Å²) in [6.45, 7) is 3.57. The van der Waals surface area contributed by atoms with Crippen molar-refractivity contribution < 1.29 is 28.9 Å². The molecule has 1 saturated carbocycles. The SMILES string of the molecule is CCOC(Cc1ccc(OCCN(CCCC2CCCCC2)C(=O)Nc2ccc(Oc3ccccc3)cc2)cc1)C(=O)O. The van der Waals surface area contributed by atoms with Gasteiger partial charge in [-0.3, -0.25) is 0 Å². The number of carbonyl (C=O) groups is 2. The Balaban J connectivity index is 1.30. The molecule has 43 heavy (non-hydrogen) atoms. The maximum absolute atomic E-state index is 13.3. The summed E-state index contributed by atoms with van der Waals surface area (Å²) in [6.07, 6.45) is 8.06. The molecule has 0 spiro atoms. The number of urea groups is 1. The first-order valence-corrected chi connectivity index (χ1v) is 15.4. The molecular formula is C35H44N2O6. The molecule has 1 unspecified atom stereocenters. The Morgan fingerprint density at radius 3 is 2.23 bits per heavy atom. The van der Waals surface area contributed by atoms with Crippen LogP contribution in [0.5, 0.6) is 17.2 Å². The van der Waals surface area contributed by atoms with Crippen LogP contribution in [0.4, 0.5) is 10.5 Å². The number of hydrogen-bond donors (Lipinski definition) is 2. The number of amides is 2. The third-order valence-electron chi connectivity index (χ3n) is 7.75. The molecular weight excluding hydrogens is 544 g/mol. The summed E-state index contributed by atoms with van der Waals surface area (Å²) < 4.78 is 17.2. The van der Waals surface area contributed by atoms with Gasteiger partial charge in [-0.15, -0.1) is 0 Å². The fourth-order valence-corrected chi connectivity index (χ4v) is 5.42. The normalized spacial score (nSPS) is 14.1. The molecule has 8 heteroatoms. The number of carbonyl (C=O) groups excluding carboxylic acids is 1. The van der Waals surface area contributed by atoms with Crippen molar-refractivity contribution in [3.05, 3.63) is 84.4 Å². The van der Waals surface area contributed by atoms with Crippen molar-refractivity contribution in [3.8, 4) is 17.2 Å². The Hall–Kier alpha value is -4.04. The highest BCUT2D eigenvalue weighted by Crippen LogP contribution is 2.27. The topological polar surface area (TPSA) is 97.3 Å². The lowest BCUT2D eigenvalue weighted by molar-refractivity contribution is -0.149. The van der Waals surface area contributed by atoms with Crippen LogP contribution in [0.25, 0.3) is 0 Å². The summed E-state index contributed by atoms with van der Waals surface area (Å²) in [5, 5.41) is 12.4. The smallest absolute Gasteiger partial charge is 0.333 e. The average molecular weight is 589 g/mol. The number of carboxylic acids is 1. The van der Waals surface area contributed by atoms with Crippen LogP contribution in [0.2, 0.25) is 0 Å². The van der Waals surface area contributed by atoms with E-state index in [-0.39, 0.29) is 12.5 Å². The number of benzene rings is 3. The van der Waals surface area contributed by atoms with E-state index in [2.05, 4.69) is 5.32 Å². The predicted molar refractivity (Wildman–Crippen MR) is 168 cm³/mol. The van der Waals surface area contributed by atoms with E-state index in [1.54, 1.807) is 6.92 Å². The first kappa shape index (κ1) is 31.9. The van der Waals surface area contributed by atoms with E-state index in [1.165, 1.54) is 32.1 Å². The van der Waals surface area contributed by atoms with Gasteiger partial charge in [0, 0.05) is 25.3 Å². The van der Waals surface area contributed by atoms with E-state index in [9.17, 15) is 14.7 Å². The lowest BCUT2D eigenvalue weighted by Crippen LogP contribution is -2.38. The van der Waals surface area contributed by atoms with Crippen LogP contribution < -0.4 is 14.8 Å². The molecule has 4 rings (SSSR count). The second-order valence-corrected chi connectivity index (χ2v) is 11.0. The van der Waals surface area contributed by atoms with Gasteiger partial charge >= 0.3 is 12.0 Å². The van der Waals surface area contributed by atoms with Gasteiger partial charge in [-0.25, -0.2) is 9.59 Å². The van der Waals surface area contributed by atoms with Crippen LogP contribution in [0.1, 0.15) is 57.4 Å². The zero-order chi connectivity index (χ0) is 30.3. The number of nitrogens with one attached hydrogen (secondary N) is 1. The quantitative estimate of drug-likeness (QED) is 0.177. The minimum absolute atomic E-state index is 0.157. The molecule has 0 bridgehead atoms. The molecule has 8 nitrogen and oxygen atoms in total. The van der Waals surface area contributed by atoms with Crippen molar-refractivity contribution in [2.24, 2.45) is 5.92 Å². The van der Waals surface area contributed by atoms with Gasteiger partial charge in [0.25, 0.3) is 0 Å². The molecule has 3 aromatic carbocycles. The summed E-state index contributed by atoms with van der Waals surface area (Å²) >= 11 is 0. The van der Waals surface area contributed by atoms with Gasteiger partial charge in [0.2, 0.25) is 0 Å². The van der Waals surface area contributed by atoms with Crippen molar-refractivity contribution in [3.63, 3.8) is 0 Å². The molecule has 0 aliphatic heterocycles. The fourth-order valence-electron chi connectivity index (χ4n) is 5.42. The highest BCUT2D eigenvalue weighted by molar-refractivity contribution is 5.89. The summed E-state index contributed by atoms with van der Waals surface area (Å²) in [5.74, 6) is 1.91. The molecule has 1 aliphatic rings. The van der Waals surface area contributed by atoms with Crippen molar-refractivity contribution >= 4 is 17.7 Å². The number of ether oxygens (including phenoxy) is 3. The van der Waals surface area contributed by atoms with E-state index < -0.39 is 12.1 Å². The third kappa shape index (κ3) is 10.9. The largest absolute Gasteiger partial charge is 0.492 e. The lowest BCUT2D eigenvalue weighted by Gasteiger charge is -2.26. The van der Waals surface area contributed by atoms with Gasteiger partial charge in [-0.2, -0.15) is 0 Å². The number of para-hydroxylation sites is 1. The van der Waals surface area contributed by atoms with E-state index in [4.69, 9.17) is 14.2 Å². The van der Waals surface area contributed by atoms with E-state index in [0.717, 1.165) is 30.1 Å². The van der Waals surface area contributed by atoms with Gasteiger partial charge in [0.15, 0.2) is 6.10 Å². The van der Waals surface area contributed by atoms with E-state index in [1.807, 2.05) is 83.8 Å². The average Bonchev–Trinajstić information content (AvgIpc) is 3.03. The second kappa shape index (κ2) is 17.2. The van der Waals surface area contributed by atoms with E-state index in [0.29, 0.717) is 43.5 Å². The highest BCUT2D eigenvalue weighted by Gasteiger charge is 2.19. The minimum Gasteiger partial charge on any atom is -0.492 e. The number of rotatable bonds is 16. The second-order valence-electron chi connectivity index (χ2n) is 11.0. The molecule has 1 aliphatic carbocycles. The molecule has 1 atom stereocenters. The molecule has 2 N–H and O–H groups in total. The van der Waals surface area contributed by atoms with Crippen molar-refractivity contribution in [1.29, 1.82) is 0 Å². The number of nitrogens with zero attached hydrogens (tertiary/aromatic N) is 1. The molecule has 2 amide bonds. The van der Waals surface area contributed by atoms with Crippen LogP contribution in [0.3, 0.4) is 0 Å². The number of hydrogen-bond acceptors (Lipinski definition) is 5. The Labute approximate surface area is 255 Å². The molecule has 0 radical (unpaired) electrons. The maximum Gasteiger partial charge on any atom is 0.333 e. The summed E-state index contributed by atoms with van der Waals surface area (Å²) in [6, 6.07) is 24.1. The first-order valence-electron chi connectivity index (χ1n) is 15.4. The van der Waals surface area contributed by atoms with Crippen LogP contribution in [0.15, 0.2) is 78.9 Å². The summed E-state index contributed by atoms with van der Waals surface area (Å²) in [4.78, 5) is 26.6. The van der Waals surface area contributed by atoms with Gasteiger partial charge < -0.3 is 29.5 Å². The highest BCUT2D eigenvalue weighted by atomic mass is 16.5. The number of aliphatic carboxylic acids is 1. The molecule has 0 aromatic heterocycles. The first-order chi connectivity index (χ1) is 21.0. The van der Waals surface area contributed by atoms with Crippen LogP contribution in [-0.2, 0) is 16.0 Å². The van der Waals surface area contributed by atoms with Gasteiger partial charge in [0.05, 0.1) is 6.54 Å². The van der Waals surface area contributed by atoms with Gasteiger partial charge in [-0.1, -0.05) is 62.4 Å². The molecule has 3 aromatic rings. The molecule has 1 fully saturated rings. The summed E-state index contributed by atoms with van der Waals surface area (Å²) in [5.41, 5.74) is 1.56. The van der Waals surface area contributed by atoms with Gasteiger partial charge in [-0.05, 0) is 79.8 Å². The van der Waals surface area contributed by atoms with Crippen molar-refractivity contribution in [2.75, 3.05) is 31.6 Å². The van der Waals surface area contributed by atoms with Crippen molar-refractivity contribution in [1.82, 2.24) is 4.90 Å². The van der Waals surface area contributed by atoms with E-state index >= 15 is 0 Å². The van der Waals surface area contributed by atoms with Crippen LogP contribution >= 0.6 is 0 Å². The Morgan fingerprint density at radius 1 is 0.884 bits per heavy atom. The zero-order valence-corrected chi connectivity index (χ0v) is 25.1. The Kier molecular flexibility index (Phi) is 12.7. The van der Waals surface area contributed by atoms with Crippen molar-refractivity contribution in [2.45, 2.75) is 64.4 Å². The minimum atomic E-state index is -0.972. The maximum atomic E-state index is 13.3. The monoisotopic (exact) mass is 588 g/mol. The fraction of sp³-hybridized carbons (Fsp3) is 0.429. The van der Waals surface area contributed by atoms with Gasteiger partial charge in [0.1, 0.15) is 23.9 Å². The Morgan fingerprint density at radius 2 is 1.56 bits per heavy atom. The number of carboxylic acid groups (broad SMARTS) is 1. The lowest BCUT2D eigenvalue weighted by atomic mass is 9.86. The standard InChI is InChI=1S/C35H44N2O6/c1-2-41-33(34(38)39)26-28-15-19-30(20-16-28)42-25-24-37(23-9-12-27-10-5-3-6-11-27)35(40)36-29-17-21-32(22-18-29)43-31-13-7-4-8-14-31/h4,7-8,13-22,27,33H,2-3,5-6,9-12,23-26H2,1H3,(H,36,40)(H,38,39). The molecule has 0 heterocycles.